The van der Waals surface area contributed by atoms with Crippen molar-refractivity contribution in [2.24, 2.45) is 5.92 Å². The molecule has 3 nitrogen and oxygen atoms in total. The minimum atomic E-state index is 0. The molecule has 0 radical (unpaired) electrons. The molecule has 5 heteroatoms. The van der Waals surface area contributed by atoms with E-state index in [1.54, 1.807) is 11.3 Å². The molecule has 1 aliphatic rings. The van der Waals surface area contributed by atoms with Gasteiger partial charge in [-0.2, -0.15) is 0 Å². The Hall–Kier alpha value is -0.580. The van der Waals surface area contributed by atoms with Crippen molar-refractivity contribution < 1.29 is 4.79 Å². The van der Waals surface area contributed by atoms with Gasteiger partial charge in [-0.25, -0.2) is 0 Å². The van der Waals surface area contributed by atoms with Crippen molar-refractivity contribution in [3.8, 4) is 0 Å². The number of carbonyl (C=O) groups is 1. The first-order valence-electron chi connectivity index (χ1n) is 5.79. The van der Waals surface area contributed by atoms with E-state index in [4.69, 9.17) is 0 Å². The highest BCUT2D eigenvalue weighted by atomic mass is 35.5. The maximum absolute atomic E-state index is 11.8. The molecule has 1 aromatic rings. The third-order valence-electron chi connectivity index (χ3n) is 2.98. The van der Waals surface area contributed by atoms with E-state index in [2.05, 4.69) is 24.5 Å². The van der Waals surface area contributed by atoms with Crippen LogP contribution in [0, 0.1) is 12.8 Å². The predicted octanol–water partition coefficient (Wildman–Crippen LogP) is 1.99. The maximum Gasteiger partial charge on any atom is 0.261 e. The van der Waals surface area contributed by atoms with Gasteiger partial charge in [-0.15, -0.1) is 23.7 Å². The number of carbonyl (C=O) groups excluding carboxylic acids is 1. The molecule has 2 heterocycles. The molecule has 96 valence electrons. The third-order valence-corrected chi connectivity index (χ3v) is 4.36. The summed E-state index contributed by atoms with van der Waals surface area (Å²) >= 11 is 1.62. The minimum absolute atomic E-state index is 0. The molecule has 1 fully saturated rings. The van der Waals surface area contributed by atoms with Crippen molar-refractivity contribution >= 4 is 29.7 Å². The molecule has 1 saturated heterocycles. The summed E-state index contributed by atoms with van der Waals surface area (Å²) in [4.78, 5) is 14.0. The fourth-order valence-corrected chi connectivity index (χ4v) is 2.83. The van der Waals surface area contributed by atoms with Crippen LogP contribution in [-0.4, -0.2) is 25.5 Å². The molecule has 0 spiro atoms. The van der Waals surface area contributed by atoms with E-state index in [0.717, 1.165) is 30.9 Å². The Labute approximate surface area is 112 Å². The molecule has 0 aromatic carbocycles. The average Bonchev–Trinajstić information content (AvgIpc) is 2.57. The van der Waals surface area contributed by atoms with Crippen molar-refractivity contribution in [1.29, 1.82) is 0 Å². The summed E-state index contributed by atoms with van der Waals surface area (Å²) in [7, 11) is 0. The van der Waals surface area contributed by atoms with Crippen LogP contribution in [0.4, 0.5) is 0 Å². The fraction of sp³-hybridized carbons (Fsp3) is 0.583. The number of nitrogens with one attached hydrogen (secondary N) is 2. The second kappa shape index (κ2) is 6.38. The zero-order chi connectivity index (χ0) is 11.5. The molecule has 0 unspecified atom stereocenters. The molecule has 2 rings (SSSR count). The topological polar surface area (TPSA) is 41.1 Å². The second-order valence-electron chi connectivity index (χ2n) is 4.30. The summed E-state index contributed by atoms with van der Waals surface area (Å²) in [6.07, 6.45) is 1.01. The summed E-state index contributed by atoms with van der Waals surface area (Å²) in [6.45, 7) is 7.06. The van der Waals surface area contributed by atoms with E-state index in [9.17, 15) is 4.79 Å². The molecule has 1 aromatic heterocycles. The molecule has 2 N–H and O–H groups in total. The van der Waals surface area contributed by atoms with Crippen LogP contribution < -0.4 is 10.6 Å². The van der Waals surface area contributed by atoms with Gasteiger partial charge in [-0.3, -0.25) is 4.79 Å². The zero-order valence-electron chi connectivity index (χ0n) is 10.2. The summed E-state index contributed by atoms with van der Waals surface area (Å²) in [5, 5.41) is 6.20. The van der Waals surface area contributed by atoms with Crippen molar-refractivity contribution in [3.05, 3.63) is 21.4 Å². The molecule has 1 aliphatic heterocycles. The molecule has 0 saturated carbocycles. The zero-order valence-corrected chi connectivity index (χ0v) is 11.8. The highest BCUT2D eigenvalue weighted by molar-refractivity contribution is 7.14. The van der Waals surface area contributed by atoms with E-state index in [1.165, 1.54) is 10.4 Å². The van der Waals surface area contributed by atoms with Crippen LogP contribution in [0.3, 0.4) is 0 Å². The van der Waals surface area contributed by atoms with Gasteiger partial charge in [0.1, 0.15) is 0 Å². The summed E-state index contributed by atoms with van der Waals surface area (Å²) in [5.41, 5.74) is 1.24. The monoisotopic (exact) mass is 274 g/mol. The van der Waals surface area contributed by atoms with Crippen LogP contribution in [0.1, 0.15) is 27.0 Å². The van der Waals surface area contributed by atoms with E-state index >= 15 is 0 Å². The van der Waals surface area contributed by atoms with Crippen LogP contribution in [-0.2, 0) is 6.42 Å². The Morgan fingerprint density at radius 1 is 1.59 bits per heavy atom. The van der Waals surface area contributed by atoms with Gasteiger partial charge in [-0.05, 0) is 25.0 Å². The Morgan fingerprint density at radius 3 is 2.76 bits per heavy atom. The van der Waals surface area contributed by atoms with Crippen molar-refractivity contribution in [3.63, 3.8) is 0 Å². The first-order chi connectivity index (χ1) is 7.70. The molecule has 1 amide bonds. The van der Waals surface area contributed by atoms with E-state index < -0.39 is 0 Å². The molecule has 0 bridgehead atoms. The summed E-state index contributed by atoms with van der Waals surface area (Å²) < 4.78 is 0. The lowest BCUT2D eigenvalue weighted by Gasteiger charge is -2.26. The quantitative estimate of drug-likeness (QED) is 0.882. The molecule has 0 atom stereocenters. The number of halogens is 1. The Kier molecular flexibility index (Phi) is 5.43. The Balaban J connectivity index is 0.00000144. The fourth-order valence-electron chi connectivity index (χ4n) is 1.80. The molecular formula is C12H19ClN2OS. The minimum Gasteiger partial charge on any atom is -0.351 e. The SMILES string of the molecule is CCc1sc(C(=O)NCC2CNC2)cc1C.Cl. The predicted molar refractivity (Wildman–Crippen MR) is 74.4 cm³/mol. The van der Waals surface area contributed by atoms with Crippen molar-refractivity contribution in [2.75, 3.05) is 19.6 Å². The van der Waals surface area contributed by atoms with Gasteiger partial charge in [0.05, 0.1) is 4.88 Å². The van der Waals surface area contributed by atoms with Crippen LogP contribution >= 0.6 is 23.7 Å². The largest absolute Gasteiger partial charge is 0.351 e. The van der Waals surface area contributed by atoms with Crippen molar-refractivity contribution in [1.82, 2.24) is 10.6 Å². The standard InChI is InChI=1S/C12H18N2OS.ClH/c1-3-10-8(2)4-11(16-10)12(15)14-7-9-5-13-6-9;/h4,9,13H,3,5-7H2,1-2H3,(H,14,15);1H. The van der Waals surface area contributed by atoms with Crippen LogP contribution in [0.5, 0.6) is 0 Å². The first-order valence-corrected chi connectivity index (χ1v) is 6.60. The number of hydrogen-bond donors (Lipinski definition) is 2. The molecule has 17 heavy (non-hydrogen) atoms. The highest BCUT2D eigenvalue weighted by Gasteiger charge is 2.18. The number of amides is 1. The van der Waals surface area contributed by atoms with Gasteiger partial charge < -0.3 is 10.6 Å². The lowest BCUT2D eigenvalue weighted by Crippen LogP contribution is -2.48. The molecule has 0 aliphatic carbocycles. The second-order valence-corrected chi connectivity index (χ2v) is 5.44. The Bertz CT molecular complexity index is 388. The van der Waals surface area contributed by atoms with Gasteiger partial charge in [0.2, 0.25) is 0 Å². The van der Waals surface area contributed by atoms with E-state index in [1.807, 2.05) is 6.07 Å². The van der Waals surface area contributed by atoms with E-state index in [0.29, 0.717) is 5.92 Å². The number of thiophene rings is 1. The average molecular weight is 275 g/mol. The van der Waals surface area contributed by atoms with Gasteiger partial charge in [0.25, 0.3) is 5.91 Å². The van der Waals surface area contributed by atoms with E-state index in [-0.39, 0.29) is 18.3 Å². The lowest BCUT2D eigenvalue weighted by molar-refractivity contribution is 0.0946. The number of hydrogen-bond acceptors (Lipinski definition) is 3. The normalized spacial score (nSPS) is 14.9. The van der Waals surface area contributed by atoms with Crippen molar-refractivity contribution in [2.45, 2.75) is 20.3 Å². The van der Waals surface area contributed by atoms with Gasteiger partial charge in [0, 0.05) is 30.4 Å². The van der Waals surface area contributed by atoms with Gasteiger partial charge in [-0.1, -0.05) is 6.92 Å². The lowest BCUT2D eigenvalue weighted by atomic mass is 10.0. The first kappa shape index (κ1) is 14.5. The summed E-state index contributed by atoms with van der Waals surface area (Å²) in [5.74, 6) is 0.704. The summed E-state index contributed by atoms with van der Waals surface area (Å²) in [6, 6.07) is 2.00. The number of rotatable bonds is 4. The van der Waals surface area contributed by atoms with Gasteiger partial charge >= 0.3 is 0 Å². The molecular weight excluding hydrogens is 256 g/mol. The highest BCUT2D eigenvalue weighted by Crippen LogP contribution is 2.22. The Morgan fingerprint density at radius 2 is 2.29 bits per heavy atom. The van der Waals surface area contributed by atoms with Crippen LogP contribution in [0.2, 0.25) is 0 Å². The smallest absolute Gasteiger partial charge is 0.261 e. The number of aryl methyl sites for hydroxylation is 2. The van der Waals surface area contributed by atoms with Crippen LogP contribution in [0.25, 0.3) is 0 Å². The van der Waals surface area contributed by atoms with Gasteiger partial charge in [0.15, 0.2) is 0 Å². The third kappa shape index (κ3) is 3.44. The maximum atomic E-state index is 11.8. The van der Waals surface area contributed by atoms with Crippen LogP contribution in [0.15, 0.2) is 6.07 Å².